The lowest BCUT2D eigenvalue weighted by Gasteiger charge is -2.07. The fourth-order valence-corrected chi connectivity index (χ4v) is 3.23. The van der Waals surface area contributed by atoms with Crippen LogP contribution in [0.3, 0.4) is 0 Å². The van der Waals surface area contributed by atoms with E-state index in [0.717, 1.165) is 0 Å². The minimum atomic E-state index is -0.126. The average molecular weight is 365 g/mol. The largest absolute Gasteiger partial charge is 0.494 e. The van der Waals surface area contributed by atoms with E-state index in [1.54, 1.807) is 48.2 Å². The first-order chi connectivity index (χ1) is 12.8. The van der Waals surface area contributed by atoms with E-state index in [0.29, 0.717) is 46.1 Å². The van der Waals surface area contributed by atoms with Crippen LogP contribution < -0.4 is 10.2 Å². The number of furan rings is 1. The lowest BCUT2D eigenvalue weighted by atomic mass is 10.1. The Morgan fingerprint density at radius 1 is 1.27 bits per heavy atom. The van der Waals surface area contributed by atoms with Crippen LogP contribution in [0.4, 0.5) is 0 Å². The van der Waals surface area contributed by atoms with E-state index in [-0.39, 0.29) is 5.43 Å². The molecular formula is C20H15NO4S. The maximum absolute atomic E-state index is 13.1. The Kier molecular flexibility index (Phi) is 4.41. The molecule has 130 valence electrons. The Balaban J connectivity index is 1.93. The normalized spacial score (nSPS) is 11.4. The van der Waals surface area contributed by atoms with E-state index in [4.69, 9.17) is 13.6 Å². The number of fused-ring (bicyclic) bond motifs is 1. The molecule has 26 heavy (non-hydrogen) atoms. The molecule has 3 aromatic heterocycles. The van der Waals surface area contributed by atoms with Crippen LogP contribution in [-0.4, -0.2) is 11.6 Å². The monoisotopic (exact) mass is 365 g/mol. The second-order valence-corrected chi connectivity index (χ2v) is 6.20. The molecule has 0 aliphatic heterocycles. The van der Waals surface area contributed by atoms with E-state index in [2.05, 4.69) is 4.98 Å². The molecule has 6 heteroatoms. The number of benzene rings is 1. The van der Waals surface area contributed by atoms with E-state index in [1.165, 1.54) is 11.3 Å². The quantitative estimate of drug-likeness (QED) is 0.493. The van der Waals surface area contributed by atoms with Crippen molar-refractivity contribution in [2.45, 2.75) is 6.92 Å². The van der Waals surface area contributed by atoms with Crippen LogP contribution in [0.2, 0.25) is 0 Å². The van der Waals surface area contributed by atoms with Crippen molar-refractivity contribution < 1.29 is 13.6 Å². The summed E-state index contributed by atoms with van der Waals surface area (Å²) in [4.78, 5) is 17.4. The molecule has 1 aromatic carbocycles. The summed E-state index contributed by atoms with van der Waals surface area (Å²) in [6, 6.07) is 8.85. The van der Waals surface area contributed by atoms with Crippen molar-refractivity contribution in [3.8, 4) is 17.0 Å². The van der Waals surface area contributed by atoms with Crippen LogP contribution in [0, 0.1) is 0 Å². The van der Waals surface area contributed by atoms with Gasteiger partial charge in [-0.2, -0.15) is 0 Å². The molecule has 3 heterocycles. The highest BCUT2D eigenvalue weighted by Gasteiger charge is 2.17. The number of ether oxygens (including phenoxy) is 1. The second kappa shape index (κ2) is 7.01. The Morgan fingerprint density at radius 2 is 2.19 bits per heavy atom. The summed E-state index contributed by atoms with van der Waals surface area (Å²) in [7, 11) is 0. The molecule has 0 saturated carbocycles. The number of rotatable bonds is 5. The Hall–Kier alpha value is -3.12. The highest BCUT2D eigenvalue weighted by atomic mass is 32.1. The number of hydrogen-bond acceptors (Lipinski definition) is 6. The van der Waals surface area contributed by atoms with Crippen LogP contribution in [0.25, 0.3) is 34.4 Å². The van der Waals surface area contributed by atoms with Crippen molar-refractivity contribution >= 4 is 34.5 Å². The summed E-state index contributed by atoms with van der Waals surface area (Å²) in [5, 5.41) is 2.32. The molecule has 0 aliphatic rings. The zero-order valence-corrected chi connectivity index (χ0v) is 14.8. The standard InChI is InChI=1S/C20H15NO4S/c1-2-23-14-5-7-15-18(10-14)25-17(8-6-13-4-3-9-24-13)19(20(15)22)16-11-26-12-21-16/h3-12H,2H2,1H3. The van der Waals surface area contributed by atoms with Gasteiger partial charge in [0, 0.05) is 11.4 Å². The molecule has 0 unspecified atom stereocenters. The highest BCUT2D eigenvalue weighted by Crippen LogP contribution is 2.28. The first-order valence-electron chi connectivity index (χ1n) is 8.10. The van der Waals surface area contributed by atoms with Gasteiger partial charge >= 0.3 is 0 Å². The van der Waals surface area contributed by atoms with Gasteiger partial charge in [0.25, 0.3) is 0 Å². The van der Waals surface area contributed by atoms with Gasteiger partial charge in [0.1, 0.15) is 22.9 Å². The molecule has 0 atom stereocenters. The minimum absolute atomic E-state index is 0.126. The van der Waals surface area contributed by atoms with E-state index in [1.807, 2.05) is 18.4 Å². The van der Waals surface area contributed by atoms with Crippen molar-refractivity contribution in [3.05, 3.63) is 69.2 Å². The molecule has 0 fully saturated rings. The van der Waals surface area contributed by atoms with Gasteiger partial charge in [-0.25, -0.2) is 4.98 Å². The molecule has 0 radical (unpaired) electrons. The van der Waals surface area contributed by atoms with E-state index < -0.39 is 0 Å². The highest BCUT2D eigenvalue weighted by molar-refractivity contribution is 7.07. The molecular weight excluding hydrogens is 350 g/mol. The van der Waals surface area contributed by atoms with Gasteiger partial charge in [0.2, 0.25) is 5.43 Å². The molecule has 4 aromatic rings. The number of thiazole rings is 1. The lowest BCUT2D eigenvalue weighted by molar-refractivity contribution is 0.340. The molecule has 5 nitrogen and oxygen atoms in total. The maximum Gasteiger partial charge on any atom is 0.202 e. The molecule has 4 rings (SSSR count). The van der Waals surface area contributed by atoms with Crippen molar-refractivity contribution in [1.29, 1.82) is 0 Å². The Labute approximate surface area is 153 Å². The SMILES string of the molecule is CCOc1ccc2c(=O)c(-c3cscn3)c(C=Cc3ccco3)oc2c1. The van der Waals surface area contributed by atoms with Crippen LogP contribution in [-0.2, 0) is 0 Å². The lowest BCUT2D eigenvalue weighted by Crippen LogP contribution is -2.08. The third kappa shape index (κ3) is 3.07. The zero-order valence-electron chi connectivity index (χ0n) is 14.0. The van der Waals surface area contributed by atoms with E-state index >= 15 is 0 Å². The first kappa shape index (κ1) is 16.4. The Bertz CT molecular complexity index is 1110. The average Bonchev–Trinajstić information content (AvgIpc) is 3.34. The number of hydrogen-bond donors (Lipinski definition) is 0. The van der Waals surface area contributed by atoms with Crippen LogP contribution in [0.5, 0.6) is 5.75 Å². The first-order valence-corrected chi connectivity index (χ1v) is 9.04. The second-order valence-electron chi connectivity index (χ2n) is 5.48. The van der Waals surface area contributed by atoms with Gasteiger partial charge in [-0.3, -0.25) is 4.79 Å². The zero-order chi connectivity index (χ0) is 17.9. The van der Waals surface area contributed by atoms with Gasteiger partial charge in [0.15, 0.2) is 0 Å². The predicted molar refractivity (Wildman–Crippen MR) is 102 cm³/mol. The van der Waals surface area contributed by atoms with Gasteiger partial charge in [0.05, 0.1) is 35.0 Å². The van der Waals surface area contributed by atoms with Crippen LogP contribution >= 0.6 is 11.3 Å². The summed E-state index contributed by atoms with van der Waals surface area (Å²) >= 11 is 1.43. The summed E-state index contributed by atoms with van der Waals surface area (Å²) in [5.74, 6) is 1.75. The Morgan fingerprint density at radius 3 is 2.92 bits per heavy atom. The fraction of sp³-hybridized carbons (Fsp3) is 0.100. The molecule has 0 amide bonds. The van der Waals surface area contributed by atoms with Gasteiger partial charge in [-0.05, 0) is 43.3 Å². The van der Waals surface area contributed by atoms with Crippen LogP contribution in [0.15, 0.2) is 61.1 Å². The molecule has 0 N–H and O–H groups in total. The minimum Gasteiger partial charge on any atom is -0.494 e. The molecule has 0 aliphatic carbocycles. The van der Waals surface area contributed by atoms with Crippen molar-refractivity contribution in [2.24, 2.45) is 0 Å². The number of nitrogens with zero attached hydrogens (tertiary/aromatic N) is 1. The van der Waals surface area contributed by atoms with Crippen molar-refractivity contribution in [2.75, 3.05) is 6.61 Å². The molecule has 0 saturated heterocycles. The predicted octanol–water partition coefficient (Wildman–Crippen LogP) is 5.08. The topological polar surface area (TPSA) is 65.5 Å². The maximum atomic E-state index is 13.1. The van der Waals surface area contributed by atoms with Gasteiger partial charge in [-0.1, -0.05) is 0 Å². The smallest absolute Gasteiger partial charge is 0.202 e. The van der Waals surface area contributed by atoms with E-state index in [9.17, 15) is 4.79 Å². The molecule has 0 spiro atoms. The summed E-state index contributed by atoms with van der Waals surface area (Å²) in [5.41, 5.74) is 3.07. The number of aromatic nitrogens is 1. The molecule has 0 bridgehead atoms. The third-order valence-electron chi connectivity index (χ3n) is 3.83. The van der Waals surface area contributed by atoms with Gasteiger partial charge in [-0.15, -0.1) is 11.3 Å². The summed E-state index contributed by atoms with van der Waals surface area (Å²) in [6.07, 6.45) is 5.07. The third-order valence-corrected chi connectivity index (χ3v) is 4.42. The van der Waals surface area contributed by atoms with Crippen molar-refractivity contribution in [1.82, 2.24) is 4.98 Å². The fourth-order valence-electron chi connectivity index (χ4n) is 2.69. The van der Waals surface area contributed by atoms with Crippen LogP contribution in [0.1, 0.15) is 18.4 Å². The summed E-state index contributed by atoms with van der Waals surface area (Å²) in [6.45, 7) is 2.45. The summed E-state index contributed by atoms with van der Waals surface area (Å²) < 4.78 is 16.9. The van der Waals surface area contributed by atoms with Gasteiger partial charge < -0.3 is 13.6 Å². The van der Waals surface area contributed by atoms with Crippen molar-refractivity contribution in [3.63, 3.8) is 0 Å².